The van der Waals surface area contributed by atoms with Crippen LogP contribution >= 0.6 is 22.6 Å². The summed E-state index contributed by atoms with van der Waals surface area (Å²) in [6, 6.07) is 15.8. The van der Waals surface area contributed by atoms with Crippen LogP contribution in [0.25, 0.3) is 11.1 Å². The zero-order valence-corrected chi connectivity index (χ0v) is 18.5. The lowest BCUT2D eigenvalue weighted by atomic mass is 9.68. The van der Waals surface area contributed by atoms with Gasteiger partial charge in [0.15, 0.2) is 0 Å². The predicted octanol–water partition coefficient (Wildman–Crippen LogP) is 4.08. The number of esters is 2. The number of hydrogen-bond acceptors (Lipinski definition) is 5. The number of carbonyl (C=O) groups is 2. The zero-order chi connectivity index (χ0) is 21.0. The Morgan fingerprint density at radius 1 is 0.933 bits per heavy atom. The molecule has 0 aromatic heterocycles. The van der Waals surface area contributed by atoms with E-state index in [2.05, 4.69) is 34.7 Å². The number of nitrogens with zero attached hydrogens (tertiary/aromatic N) is 1. The molecule has 0 amide bonds. The molecule has 6 heteroatoms. The van der Waals surface area contributed by atoms with Gasteiger partial charge in [-0.05, 0) is 57.0 Å². The Kier molecular flexibility index (Phi) is 4.36. The molecule has 0 bridgehead atoms. The van der Waals surface area contributed by atoms with Crippen LogP contribution in [0.5, 0.6) is 0 Å². The van der Waals surface area contributed by atoms with Crippen molar-refractivity contribution in [1.82, 2.24) is 4.90 Å². The number of ether oxygens (including phenoxy) is 2. The molecule has 2 aromatic carbocycles. The number of benzene rings is 2. The summed E-state index contributed by atoms with van der Waals surface area (Å²) in [4.78, 5) is 28.2. The fraction of sp³-hybridized carbons (Fsp3) is 0.167. The van der Waals surface area contributed by atoms with E-state index in [-0.39, 0.29) is 11.7 Å². The van der Waals surface area contributed by atoms with Gasteiger partial charge in [-0.3, -0.25) is 0 Å². The normalized spacial score (nSPS) is 19.9. The molecule has 0 saturated heterocycles. The quantitative estimate of drug-likeness (QED) is 0.450. The molecular formula is C24H18INO4. The molecule has 3 aliphatic rings. The molecule has 150 valence electrons. The number of rotatable bonds is 2. The number of hydrogen-bond donors (Lipinski definition) is 0. The Balaban J connectivity index is 1.98. The van der Waals surface area contributed by atoms with Crippen LogP contribution < -0.4 is 0 Å². The molecule has 0 radical (unpaired) electrons. The van der Waals surface area contributed by atoms with Gasteiger partial charge in [0.25, 0.3) is 0 Å². The molecule has 2 heterocycles. The molecule has 0 N–H and O–H groups in total. The van der Waals surface area contributed by atoms with Crippen molar-refractivity contribution >= 4 is 34.5 Å². The van der Waals surface area contributed by atoms with E-state index >= 15 is 0 Å². The second-order valence-corrected chi connectivity index (χ2v) is 8.55. The highest BCUT2D eigenvalue weighted by Crippen LogP contribution is 2.62. The van der Waals surface area contributed by atoms with Crippen LogP contribution in [0.2, 0.25) is 0 Å². The number of fused-ring (bicyclic) bond motifs is 7. The first-order valence-electron chi connectivity index (χ1n) is 9.50. The Morgan fingerprint density at radius 2 is 1.50 bits per heavy atom. The van der Waals surface area contributed by atoms with Crippen molar-refractivity contribution in [3.63, 3.8) is 0 Å². The van der Waals surface area contributed by atoms with Gasteiger partial charge in [-0.1, -0.05) is 48.5 Å². The molecule has 1 spiro atoms. The van der Waals surface area contributed by atoms with Crippen LogP contribution in [-0.2, 0) is 24.5 Å². The predicted molar refractivity (Wildman–Crippen MR) is 121 cm³/mol. The van der Waals surface area contributed by atoms with Gasteiger partial charge < -0.3 is 14.4 Å². The smallest absolute Gasteiger partial charge is 0.355 e. The van der Waals surface area contributed by atoms with Crippen LogP contribution in [0.3, 0.4) is 0 Å². The second-order valence-electron chi connectivity index (χ2n) is 7.31. The van der Waals surface area contributed by atoms with Gasteiger partial charge in [0.1, 0.15) is 5.70 Å². The summed E-state index contributed by atoms with van der Waals surface area (Å²) < 4.78 is 11.4. The SMILES string of the molecule is COC(=O)C1=C(C(=O)OC)C2(c3ccccc3-c3ccccc32)C2C(I)=CC=CN12. The molecule has 2 aromatic rings. The third kappa shape index (κ3) is 2.22. The molecule has 5 rings (SSSR count). The molecule has 1 aliphatic carbocycles. The fourth-order valence-electron chi connectivity index (χ4n) is 5.11. The van der Waals surface area contributed by atoms with Crippen molar-refractivity contribution in [2.24, 2.45) is 0 Å². The van der Waals surface area contributed by atoms with Crippen LogP contribution in [0.1, 0.15) is 11.1 Å². The third-order valence-corrected chi connectivity index (χ3v) is 7.05. The Labute approximate surface area is 187 Å². The van der Waals surface area contributed by atoms with Gasteiger partial charge in [0, 0.05) is 9.78 Å². The molecule has 0 fully saturated rings. The minimum Gasteiger partial charge on any atom is -0.466 e. The maximum Gasteiger partial charge on any atom is 0.355 e. The molecule has 30 heavy (non-hydrogen) atoms. The highest BCUT2D eigenvalue weighted by molar-refractivity contribution is 14.1. The number of methoxy groups -OCH3 is 2. The first-order chi connectivity index (χ1) is 14.6. The van der Waals surface area contributed by atoms with Gasteiger partial charge >= 0.3 is 11.9 Å². The summed E-state index contributed by atoms with van der Waals surface area (Å²) in [6.07, 6.45) is 5.73. The lowest BCUT2D eigenvalue weighted by Crippen LogP contribution is -2.45. The number of carbonyl (C=O) groups excluding carboxylic acids is 2. The molecule has 2 aliphatic heterocycles. The molecule has 5 nitrogen and oxygen atoms in total. The average molecular weight is 511 g/mol. The Hall–Kier alpha value is -2.87. The van der Waals surface area contributed by atoms with Gasteiger partial charge in [-0.2, -0.15) is 0 Å². The lowest BCUT2D eigenvalue weighted by molar-refractivity contribution is -0.140. The van der Waals surface area contributed by atoms with Crippen molar-refractivity contribution < 1.29 is 19.1 Å². The topological polar surface area (TPSA) is 55.8 Å². The maximum atomic E-state index is 13.3. The first kappa shape index (κ1) is 19.1. The van der Waals surface area contributed by atoms with Gasteiger partial charge in [-0.15, -0.1) is 0 Å². The first-order valence-corrected chi connectivity index (χ1v) is 10.6. The van der Waals surface area contributed by atoms with E-state index in [9.17, 15) is 9.59 Å². The van der Waals surface area contributed by atoms with Crippen LogP contribution in [0.4, 0.5) is 0 Å². The van der Waals surface area contributed by atoms with Gasteiger partial charge in [0.05, 0.1) is 31.2 Å². The summed E-state index contributed by atoms with van der Waals surface area (Å²) in [6.45, 7) is 0. The van der Waals surface area contributed by atoms with Crippen LogP contribution in [-0.4, -0.2) is 37.1 Å². The van der Waals surface area contributed by atoms with E-state index in [1.165, 1.54) is 14.2 Å². The van der Waals surface area contributed by atoms with Crippen LogP contribution in [0.15, 0.2) is 81.7 Å². The van der Waals surface area contributed by atoms with E-state index in [0.717, 1.165) is 25.8 Å². The van der Waals surface area contributed by atoms with Crippen LogP contribution in [0, 0.1) is 0 Å². The van der Waals surface area contributed by atoms with Crippen molar-refractivity contribution in [1.29, 1.82) is 0 Å². The van der Waals surface area contributed by atoms with E-state index < -0.39 is 17.4 Å². The summed E-state index contributed by atoms with van der Waals surface area (Å²) >= 11 is 2.30. The Morgan fingerprint density at radius 3 is 2.07 bits per heavy atom. The van der Waals surface area contributed by atoms with Crippen molar-refractivity contribution in [3.8, 4) is 11.1 Å². The summed E-state index contributed by atoms with van der Waals surface area (Å²) in [5.41, 5.74) is 3.73. The zero-order valence-electron chi connectivity index (χ0n) is 16.4. The molecule has 1 atom stereocenters. The highest BCUT2D eigenvalue weighted by Gasteiger charge is 2.63. The minimum absolute atomic E-state index is 0.222. The Bertz CT molecular complexity index is 1150. The highest BCUT2D eigenvalue weighted by atomic mass is 127. The number of halogens is 1. The van der Waals surface area contributed by atoms with Crippen molar-refractivity contribution in [2.75, 3.05) is 14.2 Å². The molecule has 1 unspecified atom stereocenters. The summed E-state index contributed by atoms with van der Waals surface area (Å²) in [5.74, 6) is -1.09. The van der Waals surface area contributed by atoms with E-state index in [1.807, 2.05) is 59.7 Å². The summed E-state index contributed by atoms with van der Waals surface area (Å²) in [5, 5.41) is 0. The molecule has 0 saturated carbocycles. The second kappa shape index (κ2) is 6.84. The van der Waals surface area contributed by atoms with Crippen molar-refractivity contribution in [3.05, 3.63) is 92.9 Å². The van der Waals surface area contributed by atoms with E-state index in [4.69, 9.17) is 9.47 Å². The largest absolute Gasteiger partial charge is 0.466 e. The van der Waals surface area contributed by atoms with Crippen molar-refractivity contribution in [2.45, 2.75) is 11.5 Å². The van der Waals surface area contributed by atoms with E-state index in [1.54, 1.807) is 0 Å². The lowest BCUT2D eigenvalue weighted by Gasteiger charge is -2.39. The maximum absolute atomic E-state index is 13.3. The van der Waals surface area contributed by atoms with Gasteiger partial charge in [-0.25, -0.2) is 9.59 Å². The molecular weight excluding hydrogens is 493 g/mol. The van der Waals surface area contributed by atoms with E-state index in [0.29, 0.717) is 5.57 Å². The monoisotopic (exact) mass is 511 g/mol. The number of allylic oxidation sites excluding steroid dienone is 2. The van der Waals surface area contributed by atoms with Gasteiger partial charge in [0.2, 0.25) is 0 Å². The summed E-state index contributed by atoms with van der Waals surface area (Å²) in [7, 11) is 2.67. The fourth-order valence-corrected chi connectivity index (χ4v) is 6.08. The average Bonchev–Trinajstić information content (AvgIpc) is 3.26. The standard InChI is InChI=1S/C24H18INO4/c1-29-22(27)19-20(23(28)30-2)26-13-7-12-18(25)21(26)24(19)16-10-5-3-8-14(16)15-9-4-6-11-17(15)24/h3-13,21H,1-2H3. The minimum atomic E-state index is -0.887. The third-order valence-electron chi connectivity index (χ3n) is 6.10.